The number of aryl methyl sites for hydroxylation is 1. The smallest absolute Gasteiger partial charge is 0.254 e. The summed E-state index contributed by atoms with van der Waals surface area (Å²) < 4.78 is 39.8. The predicted octanol–water partition coefficient (Wildman–Crippen LogP) is 2.89. The molecule has 172 valence electrons. The van der Waals surface area contributed by atoms with Crippen molar-refractivity contribution in [3.63, 3.8) is 0 Å². The second-order valence-corrected chi connectivity index (χ2v) is 9.59. The Morgan fingerprint density at radius 1 is 1.13 bits per heavy atom. The van der Waals surface area contributed by atoms with E-state index in [0.29, 0.717) is 28.3 Å². The molecule has 0 radical (unpaired) electrons. The van der Waals surface area contributed by atoms with Crippen LogP contribution in [0.15, 0.2) is 35.3 Å². The van der Waals surface area contributed by atoms with Crippen molar-refractivity contribution in [2.24, 2.45) is 12.8 Å². The number of ether oxygens (including phenoxy) is 2. The van der Waals surface area contributed by atoms with E-state index >= 15 is 0 Å². The Bertz CT molecular complexity index is 1060. The second kappa shape index (κ2) is 10.4. The summed E-state index contributed by atoms with van der Waals surface area (Å²) in [4.78, 5) is 12.1. The monoisotopic (exact) mass is 471 g/mol. The minimum Gasteiger partial charge on any atom is -0.496 e. The summed E-state index contributed by atoms with van der Waals surface area (Å²) >= 11 is 0. The normalized spacial score (nSPS) is 18.7. The van der Waals surface area contributed by atoms with E-state index in [4.69, 9.17) is 15.2 Å². The van der Waals surface area contributed by atoms with E-state index in [2.05, 4.69) is 4.72 Å². The molecule has 0 spiro atoms. The highest BCUT2D eigenvalue weighted by atomic mass is 35.5. The van der Waals surface area contributed by atoms with Crippen LogP contribution in [0.5, 0.6) is 11.5 Å². The van der Waals surface area contributed by atoms with E-state index in [1.54, 1.807) is 38.4 Å². The van der Waals surface area contributed by atoms with Crippen molar-refractivity contribution in [3.05, 3.63) is 40.8 Å². The van der Waals surface area contributed by atoms with E-state index in [-0.39, 0.29) is 35.9 Å². The van der Waals surface area contributed by atoms with Crippen LogP contribution in [0.1, 0.15) is 32.6 Å². The average molecular weight is 472 g/mol. The van der Waals surface area contributed by atoms with Crippen molar-refractivity contribution in [2.45, 2.75) is 44.8 Å². The molecule has 0 unspecified atom stereocenters. The molecule has 3 N–H and O–H groups in total. The van der Waals surface area contributed by atoms with Crippen molar-refractivity contribution >= 4 is 28.1 Å². The average Bonchev–Trinajstić information content (AvgIpc) is 2.72. The number of hydrogen-bond acceptors (Lipinski definition) is 6. The fourth-order valence-corrected chi connectivity index (χ4v) is 4.16. The van der Waals surface area contributed by atoms with E-state index < -0.39 is 10.0 Å². The summed E-state index contributed by atoms with van der Waals surface area (Å²) in [6, 6.07) is 6.75. The van der Waals surface area contributed by atoms with E-state index in [1.807, 2.05) is 0 Å². The van der Waals surface area contributed by atoms with Gasteiger partial charge in [-0.25, -0.2) is 8.42 Å². The topological polar surface area (TPSA) is 113 Å². The number of hydrogen-bond donors (Lipinski definition) is 2. The molecule has 0 aliphatic heterocycles. The van der Waals surface area contributed by atoms with Crippen LogP contribution in [0.2, 0.25) is 0 Å². The van der Waals surface area contributed by atoms with Crippen LogP contribution < -0.4 is 25.5 Å². The van der Waals surface area contributed by atoms with Crippen LogP contribution >= 0.6 is 12.4 Å². The number of nitrogens with zero attached hydrogens (tertiary/aromatic N) is 1. The molecule has 1 aliphatic rings. The number of methoxy groups -OCH3 is 1. The Kier molecular flexibility index (Phi) is 8.39. The SMILES string of the molecule is CCS(=O)(=O)Nc1ccc(O[C@H]2CC[C@H](N)CC2)c(-c2cn(C)c(=O)cc2OC)c1.Cl. The van der Waals surface area contributed by atoms with Crippen molar-refractivity contribution in [1.82, 2.24) is 4.57 Å². The number of sulfonamides is 1. The van der Waals surface area contributed by atoms with Gasteiger partial charge >= 0.3 is 0 Å². The molecule has 2 aromatic rings. The molecule has 0 amide bonds. The molecule has 1 fully saturated rings. The first-order chi connectivity index (χ1) is 14.2. The van der Waals surface area contributed by atoms with E-state index in [9.17, 15) is 13.2 Å². The summed E-state index contributed by atoms with van der Waals surface area (Å²) in [5.74, 6) is 0.961. The lowest BCUT2D eigenvalue weighted by Crippen LogP contribution is -2.31. The fourth-order valence-electron chi connectivity index (χ4n) is 3.53. The fraction of sp³-hybridized carbons (Fsp3) is 0.476. The molecule has 10 heteroatoms. The predicted molar refractivity (Wildman–Crippen MR) is 125 cm³/mol. The second-order valence-electron chi connectivity index (χ2n) is 7.58. The summed E-state index contributed by atoms with van der Waals surface area (Å²) in [5.41, 5.74) is 7.50. The van der Waals surface area contributed by atoms with Crippen molar-refractivity contribution in [3.8, 4) is 22.6 Å². The van der Waals surface area contributed by atoms with Gasteiger partial charge in [0.15, 0.2) is 0 Å². The number of rotatable bonds is 7. The molecule has 8 nitrogen and oxygen atoms in total. The standard InChI is InChI=1S/C21H29N3O5S.ClH/c1-4-30(26,27)23-15-7-10-19(29-16-8-5-14(22)6-9-16)17(11-15)18-13-24(2)21(25)12-20(18)28-3;/h7,10-14,16,23H,4-6,8-9,22H2,1-3H3;1H/t14-,16-;. The van der Waals surface area contributed by atoms with Crippen LogP contribution in [0.25, 0.3) is 11.1 Å². The number of anilines is 1. The third-order valence-corrected chi connectivity index (χ3v) is 6.65. The molecule has 1 heterocycles. The van der Waals surface area contributed by atoms with Gasteiger partial charge in [-0.2, -0.15) is 0 Å². The first kappa shape index (κ1) is 25.0. The number of nitrogens with two attached hydrogens (primary N) is 1. The van der Waals surface area contributed by atoms with Gasteiger partial charge in [0.05, 0.1) is 19.0 Å². The summed E-state index contributed by atoms with van der Waals surface area (Å²) in [6.07, 6.45) is 5.21. The Hall–Kier alpha value is -2.23. The zero-order valence-electron chi connectivity index (χ0n) is 18.0. The minimum absolute atomic E-state index is 0. The van der Waals surface area contributed by atoms with Gasteiger partial charge in [-0.3, -0.25) is 9.52 Å². The molecule has 31 heavy (non-hydrogen) atoms. The van der Waals surface area contributed by atoms with Crippen molar-refractivity contribution < 1.29 is 17.9 Å². The van der Waals surface area contributed by atoms with Gasteiger partial charge in [0, 0.05) is 42.2 Å². The van der Waals surface area contributed by atoms with Gasteiger partial charge in [0.2, 0.25) is 10.0 Å². The molecule has 1 saturated carbocycles. The summed E-state index contributed by atoms with van der Waals surface area (Å²) in [7, 11) is -0.298. The molecular weight excluding hydrogens is 442 g/mol. The maximum absolute atomic E-state index is 12.1. The van der Waals surface area contributed by atoms with Gasteiger partial charge in [0.25, 0.3) is 5.56 Å². The Balaban J connectivity index is 0.00000341. The number of aromatic nitrogens is 1. The van der Waals surface area contributed by atoms with Crippen molar-refractivity contribution in [1.29, 1.82) is 0 Å². The quantitative estimate of drug-likeness (QED) is 0.642. The maximum atomic E-state index is 12.1. The maximum Gasteiger partial charge on any atom is 0.254 e. The first-order valence-electron chi connectivity index (χ1n) is 10.0. The van der Waals surface area contributed by atoms with Crippen molar-refractivity contribution in [2.75, 3.05) is 17.6 Å². The van der Waals surface area contributed by atoms with Crippen LogP contribution in [-0.2, 0) is 17.1 Å². The van der Waals surface area contributed by atoms with E-state index in [1.165, 1.54) is 17.7 Å². The van der Waals surface area contributed by atoms with E-state index in [0.717, 1.165) is 25.7 Å². The zero-order valence-corrected chi connectivity index (χ0v) is 19.6. The molecule has 1 aromatic carbocycles. The molecule has 3 rings (SSSR count). The lowest BCUT2D eigenvalue weighted by atomic mass is 9.93. The Morgan fingerprint density at radius 3 is 2.42 bits per heavy atom. The minimum atomic E-state index is -3.44. The molecule has 1 aliphatic carbocycles. The third-order valence-electron chi connectivity index (χ3n) is 5.35. The summed E-state index contributed by atoms with van der Waals surface area (Å²) in [5, 5.41) is 0. The van der Waals surface area contributed by atoms with Crippen LogP contribution in [-0.4, -0.2) is 38.0 Å². The highest BCUT2D eigenvalue weighted by Crippen LogP contribution is 2.39. The lowest BCUT2D eigenvalue weighted by Gasteiger charge is -2.28. The van der Waals surface area contributed by atoms with Gasteiger partial charge in [-0.1, -0.05) is 0 Å². The van der Waals surface area contributed by atoms with Crippen LogP contribution in [0.4, 0.5) is 5.69 Å². The molecule has 0 bridgehead atoms. The highest BCUT2D eigenvalue weighted by Gasteiger charge is 2.23. The molecule has 1 aromatic heterocycles. The number of pyridine rings is 1. The largest absolute Gasteiger partial charge is 0.496 e. The molecule has 0 atom stereocenters. The Labute approximate surface area is 189 Å². The third kappa shape index (κ3) is 6.15. The van der Waals surface area contributed by atoms with Crippen LogP contribution in [0, 0.1) is 0 Å². The molecule has 0 saturated heterocycles. The van der Waals surface area contributed by atoms with Gasteiger partial charge < -0.3 is 19.8 Å². The lowest BCUT2D eigenvalue weighted by molar-refractivity contribution is 0.148. The highest BCUT2D eigenvalue weighted by molar-refractivity contribution is 7.92. The number of nitrogens with one attached hydrogen (secondary N) is 1. The van der Waals surface area contributed by atoms with Gasteiger partial charge in [-0.05, 0) is 50.8 Å². The Morgan fingerprint density at radius 2 is 1.81 bits per heavy atom. The zero-order chi connectivity index (χ0) is 21.9. The summed E-state index contributed by atoms with van der Waals surface area (Å²) in [6.45, 7) is 1.57. The molecular formula is C21H30ClN3O5S. The van der Waals surface area contributed by atoms with Crippen LogP contribution in [0.3, 0.4) is 0 Å². The number of halogens is 1. The van der Waals surface area contributed by atoms with Gasteiger partial charge in [-0.15, -0.1) is 12.4 Å². The first-order valence-corrected chi connectivity index (χ1v) is 11.7. The number of benzene rings is 1. The van der Waals surface area contributed by atoms with Gasteiger partial charge in [0.1, 0.15) is 11.5 Å².